The fraction of sp³-hybridized carbons (Fsp3) is 0.800. The van der Waals surface area contributed by atoms with Crippen molar-refractivity contribution in [2.75, 3.05) is 19.1 Å². The second kappa shape index (κ2) is 9.49. The van der Waals surface area contributed by atoms with Crippen LogP contribution in [-0.4, -0.2) is 57.5 Å². The van der Waals surface area contributed by atoms with Crippen LogP contribution in [-0.2, 0) is 14.4 Å². The zero-order chi connectivity index (χ0) is 26.9. The summed E-state index contributed by atoms with van der Waals surface area (Å²) in [7, 11) is 0. The number of hydrogen-bond acceptors (Lipinski definition) is 6. The number of carbonyl (C=O) groups is 2. The molecular formula is C30H41F2NO4S. The molecule has 0 aromatic carbocycles. The van der Waals surface area contributed by atoms with Crippen LogP contribution in [0.2, 0.25) is 0 Å². The first kappa shape index (κ1) is 27.1. The third-order valence-corrected chi connectivity index (χ3v) is 12.4. The number of rotatable bonds is 5. The highest BCUT2D eigenvalue weighted by Crippen LogP contribution is 2.72. The van der Waals surface area contributed by atoms with Crippen molar-refractivity contribution in [3.05, 3.63) is 23.8 Å². The summed E-state index contributed by atoms with van der Waals surface area (Å²) in [6.45, 7) is 5.10. The monoisotopic (exact) mass is 549 g/mol. The van der Waals surface area contributed by atoms with Gasteiger partial charge in [-0.15, -0.1) is 0 Å². The van der Waals surface area contributed by atoms with E-state index in [4.69, 9.17) is 4.84 Å². The van der Waals surface area contributed by atoms with Gasteiger partial charge in [0.1, 0.15) is 6.01 Å². The summed E-state index contributed by atoms with van der Waals surface area (Å²) < 4.78 is 31.0. The highest BCUT2D eigenvalue weighted by Gasteiger charge is 2.79. The van der Waals surface area contributed by atoms with Gasteiger partial charge in [0, 0.05) is 35.8 Å². The number of thioether (sulfide) groups is 1. The highest BCUT2D eigenvalue weighted by molar-refractivity contribution is 8.13. The zero-order valence-corrected chi connectivity index (χ0v) is 23.4. The summed E-state index contributed by atoms with van der Waals surface area (Å²) in [5.74, 6) is -0.304. The quantitative estimate of drug-likeness (QED) is 0.473. The van der Waals surface area contributed by atoms with Gasteiger partial charge in [0.25, 0.3) is 0 Å². The summed E-state index contributed by atoms with van der Waals surface area (Å²) in [5.41, 5.74) is -4.36. The molecule has 210 valence electrons. The zero-order valence-electron chi connectivity index (χ0n) is 22.6. The number of halogens is 2. The van der Waals surface area contributed by atoms with Crippen molar-refractivity contribution < 1.29 is 28.3 Å². The summed E-state index contributed by atoms with van der Waals surface area (Å²) in [5, 5.41) is 13.3. The summed E-state index contributed by atoms with van der Waals surface area (Å²) in [4.78, 5) is 32.5. The minimum absolute atomic E-state index is 0.0703. The van der Waals surface area contributed by atoms with Crippen molar-refractivity contribution in [3.8, 4) is 0 Å². The van der Waals surface area contributed by atoms with E-state index in [0.717, 1.165) is 18.5 Å². The van der Waals surface area contributed by atoms with E-state index >= 15 is 4.39 Å². The third-order valence-electron chi connectivity index (χ3n) is 11.7. The molecule has 1 aliphatic heterocycles. The lowest BCUT2D eigenvalue weighted by Gasteiger charge is -2.62. The second-order valence-corrected chi connectivity index (χ2v) is 14.1. The minimum atomic E-state index is -1.95. The molecule has 0 unspecified atom stereocenters. The lowest BCUT2D eigenvalue weighted by Crippen LogP contribution is -2.69. The maximum atomic E-state index is 17.5. The van der Waals surface area contributed by atoms with Gasteiger partial charge in [-0.1, -0.05) is 62.4 Å². The maximum absolute atomic E-state index is 17.5. The van der Waals surface area contributed by atoms with E-state index in [1.54, 1.807) is 13.0 Å². The molecule has 38 heavy (non-hydrogen) atoms. The number of hydroxylamine groups is 2. The van der Waals surface area contributed by atoms with E-state index in [9.17, 15) is 19.1 Å². The normalized spacial score (nSPS) is 46.8. The molecule has 8 atom stereocenters. The van der Waals surface area contributed by atoms with E-state index < -0.39 is 40.1 Å². The number of aliphatic hydroxyl groups excluding tert-OH is 1. The van der Waals surface area contributed by atoms with Crippen molar-refractivity contribution in [2.45, 2.75) is 95.4 Å². The van der Waals surface area contributed by atoms with Crippen LogP contribution in [0.5, 0.6) is 0 Å². The van der Waals surface area contributed by atoms with Crippen molar-refractivity contribution in [2.24, 2.45) is 34.5 Å². The van der Waals surface area contributed by atoms with Crippen LogP contribution in [0.3, 0.4) is 0 Å². The summed E-state index contributed by atoms with van der Waals surface area (Å²) in [6, 6.07) is -0.830. The largest absolute Gasteiger partial charge is 0.390 e. The average molecular weight is 550 g/mol. The van der Waals surface area contributed by atoms with Crippen molar-refractivity contribution in [1.29, 1.82) is 0 Å². The molecule has 0 aromatic heterocycles. The number of ketones is 1. The number of nitrogens with zero attached hydrogens (tertiary/aromatic N) is 1. The van der Waals surface area contributed by atoms with Gasteiger partial charge in [-0.2, -0.15) is 5.06 Å². The number of carbonyl (C=O) groups excluding carboxylic acids is 2. The van der Waals surface area contributed by atoms with Crippen LogP contribution in [0, 0.1) is 34.5 Å². The summed E-state index contributed by atoms with van der Waals surface area (Å²) >= 11 is 0.655. The Morgan fingerprint density at radius 2 is 1.97 bits per heavy atom. The van der Waals surface area contributed by atoms with E-state index in [0.29, 0.717) is 43.5 Å². The molecule has 5 nitrogen and oxygen atoms in total. The molecular weight excluding hydrogens is 508 g/mol. The van der Waals surface area contributed by atoms with Gasteiger partial charge in [-0.3, -0.25) is 14.4 Å². The molecule has 6 aliphatic rings. The number of hydrogen-bond donors (Lipinski definition) is 1. The first-order chi connectivity index (χ1) is 18.1. The first-order valence-electron chi connectivity index (χ1n) is 14.6. The summed E-state index contributed by atoms with van der Waals surface area (Å²) in [6.07, 6.45) is 12.4. The van der Waals surface area contributed by atoms with E-state index in [-0.39, 0.29) is 29.2 Å². The molecule has 6 rings (SSSR count). The lowest BCUT2D eigenvalue weighted by atomic mass is 9.45. The van der Waals surface area contributed by atoms with Crippen LogP contribution < -0.4 is 0 Å². The maximum Gasteiger partial charge on any atom is 0.226 e. The fourth-order valence-corrected chi connectivity index (χ4v) is 10.5. The molecule has 1 saturated heterocycles. The molecule has 0 bridgehead atoms. The molecule has 0 spiro atoms. The molecule has 0 aromatic rings. The molecule has 5 aliphatic carbocycles. The Morgan fingerprint density at radius 1 is 1.21 bits per heavy atom. The van der Waals surface area contributed by atoms with Gasteiger partial charge in [0.15, 0.2) is 17.1 Å². The molecule has 1 N–H and O–H groups in total. The van der Waals surface area contributed by atoms with E-state index in [2.05, 4.69) is 0 Å². The smallest absolute Gasteiger partial charge is 0.226 e. The van der Waals surface area contributed by atoms with Gasteiger partial charge < -0.3 is 5.11 Å². The standard InChI is InChI=1S/C30H41F2NO4S/c1-27-12-10-22(34)14-20(27)8-9-23-24-15-21-17-33(13-11-19-6-4-3-5-7-19)37-30(21,26(36)38-18-31)28(24,2)16-25(35)29(23,27)32/h10,12,14,19,21,23-25,35H,3-9,11,13,15-18H2,1-2H3/t21-,23-,24-,25-,27-,28-,29-,30-/m0/s1. The number of alkyl halides is 2. The first-order valence-corrected chi connectivity index (χ1v) is 15.6. The van der Waals surface area contributed by atoms with E-state index in [1.807, 2.05) is 12.0 Å². The number of allylic oxidation sites excluding steroid dienone is 4. The Balaban J connectivity index is 1.32. The topological polar surface area (TPSA) is 66.8 Å². The molecule has 0 radical (unpaired) electrons. The Labute approximate surface area is 228 Å². The SMILES string of the molecule is C[C@]12C=CC(=O)C=C1CC[C@H]1[C@@H]3C[C@H]4CN(CCC5CCCCC5)O[C@@]4(C(=O)SCF)[C@@]3(C)C[C@H](O)[C@@]12F. The number of aliphatic hydroxyl groups is 1. The second-order valence-electron chi connectivity index (χ2n) is 13.2. The van der Waals surface area contributed by atoms with E-state index in [1.165, 1.54) is 44.3 Å². The molecule has 1 heterocycles. The van der Waals surface area contributed by atoms with Crippen molar-refractivity contribution in [3.63, 3.8) is 0 Å². The van der Waals surface area contributed by atoms with Crippen LogP contribution >= 0.6 is 11.8 Å². The molecule has 8 heteroatoms. The van der Waals surface area contributed by atoms with Gasteiger partial charge in [0.05, 0.1) is 6.10 Å². The minimum Gasteiger partial charge on any atom is -0.390 e. The van der Waals surface area contributed by atoms with Crippen LogP contribution in [0.1, 0.15) is 78.1 Å². The highest BCUT2D eigenvalue weighted by atomic mass is 32.2. The van der Waals surface area contributed by atoms with Gasteiger partial charge in [0.2, 0.25) is 5.12 Å². The average Bonchev–Trinajstić information content (AvgIpc) is 3.38. The Bertz CT molecular complexity index is 1060. The number of fused-ring (bicyclic) bond motifs is 7. The van der Waals surface area contributed by atoms with Gasteiger partial charge in [-0.05, 0) is 63.0 Å². The Hall–Kier alpha value is -1.09. The Kier molecular flexibility index (Phi) is 6.77. The van der Waals surface area contributed by atoms with Crippen LogP contribution in [0.25, 0.3) is 0 Å². The van der Waals surface area contributed by atoms with Crippen molar-refractivity contribution >= 4 is 22.7 Å². The predicted molar refractivity (Wildman–Crippen MR) is 142 cm³/mol. The van der Waals surface area contributed by atoms with Crippen LogP contribution in [0.15, 0.2) is 23.8 Å². The van der Waals surface area contributed by atoms with Gasteiger partial charge in [-0.25, -0.2) is 8.78 Å². The molecule has 4 saturated carbocycles. The Morgan fingerprint density at radius 3 is 2.71 bits per heavy atom. The lowest BCUT2D eigenvalue weighted by molar-refractivity contribution is -0.262. The predicted octanol–water partition coefficient (Wildman–Crippen LogP) is 5.73. The van der Waals surface area contributed by atoms with Crippen LogP contribution in [0.4, 0.5) is 8.78 Å². The molecule has 5 fully saturated rings. The molecule has 0 amide bonds. The third kappa shape index (κ3) is 3.58. The van der Waals surface area contributed by atoms with Gasteiger partial charge >= 0.3 is 0 Å². The fourth-order valence-electron chi connectivity index (χ4n) is 9.76. The van der Waals surface area contributed by atoms with Crippen molar-refractivity contribution in [1.82, 2.24) is 5.06 Å².